The summed E-state index contributed by atoms with van der Waals surface area (Å²) in [5.41, 5.74) is 0. The summed E-state index contributed by atoms with van der Waals surface area (Å²) in [6, 6.07) is 0. The van der Waals surface area contributed by atoms with E-state index in [0.29, 0.717) is 6.42 Å². The van der Waals surface area contributed by atoms with E-state index in [2.05, 4.69) is 18.8 Å². The van der Waals surface area contributed by atoms with Crippen molar-refractivity contribution in [2.75, 3.05) is 0 Å². The molecule has 1 amide bonds. The summed E-state index contributed by atoms with van der Waals surface area (Å²) in [6.45, 7) is 0.191. The van der Waals surface area contributed by atoms with Crippen molar-refractivity contribution in [3.05, 3.63) is 0 Å². The summed E-state index contributed by atoms with van der Waals surface area (Å²) in [5, 5.41) is 0. The van der Waals surface area contributed by atoms with Gasteiger partial charge in [-0.3, -0.25) is 4.79 Å². The Morgan fingerprint density at radius 3 is 2.89 bits per heavy atom. The van der Waals surface area contributed by atoms with Crippen molar-refractivity contribution in [3.8, 4) is 0 Å². The zero-order valence-corrected chi connectivity index (χ0v) is 7.39. The van der Waals surface area contributed by atoms with Crippen LogP contribution in [0.1, 0.15) is 14.7 Å². The molecule has 0 bridgehead atoms. The maximum atomic E-state index is 10.9. The van der Waals surface area contributed by atoms with Crippen LogP contribution in [0.3, 0.4) is 0 Å². The van der Waals surface area contributed by atoms with E-state index in [9.17, 15) is 4.79 Å². The molecule has 0 aliphatic rings. The van der Waals surface area contributed by atoms with Gasteiger partial charge in [-0.25, -0.2) is 0 Å². The third-order valence-corrected chi connectivity index (χ3v) is 1.39. The van der Waals surface area contributed by atoms with Gasteiger partial charge < -0.3 is 4.44 Å². The standard InChI is InChI=1S/C4H10BNOP2/c1-2-3(5)4(7)6(8)9/h3H,2,8-9H2,1H3/i1T. The maximum absolute atomic E-state index is 10.9. The number of rotatable bonds is 2. The Bertz CT molecular complexity index is 124. The highest BCUT2D eigenvalue weighted by molar-refractivity contribution is 7.32. The summed E-state index contributed by atoms with van der Waals surface area (Å²) in [7, 11) is 9.78. The van der Waals surface area contributed by atoms with Crippen LogP contribution in [-0.4, -0.2) is 18.2 Å². The zero-order valence-electron chi connectivity index (χ0n) is 6.08. The Morgan fingerprint density at radius 1 is 2.00 bits per heavy atom. The molecule has 0 heterocycles. The van der Waals surface area contributed by atoms with Crippen LogP contribution in [-0.2, 0) is 4.79 Å². The summed E-state index contributed by atoms with van der Waals surface area (Å²) in [4.78, 5) is 10.9. The Morgan fingerprint density at radius 2 is 2.56 bits per heavy atom. The first-order valence-electron chi connectivity index (χ1n) is 3.18. The van der Waals surface area contributed by atoms with E-state index in [1.165, 1.54) is 4.44 Å². The first-order chi connectivity index (χ1) is 4.59. The third kappa shape index (κ3) is 3.18. The van der Waals surface area contributed by atoms with Gasteiger partial charge in [0.25, 0.3) is 0 Å². The fraction of sp³-hybridized carbons (Fsp3) is 0.750. The number of hydrogen-bond acceptors (Lipinski definition) is 1. The second kappa shape index (κ2) is 4.25. The molecule has 2 nitrogen and oxygen atoms in total. The van der Waals surface area contributed by atoms with Gasteiger partial charge in [0.15, 0.2) is 0 Å². The lowest BCUT2D eigenvalue weighted by atomic mass is 9.85. The summed E-state index contributed by atoms with van der Waals surface area (Å²) >= 11 is 0. The molecule has 3 unspecified atom stereocenters. The van der Waals surface area contributed by atoms with E-state index < -0.39 is 5.82 Å². The Kier molecular flexibility index (Phi) is 3.54. The van der Waals surface area contributed by atoms with Gasteiger partial charge in [-0.05, 0) is 18.8 Å². The van der Waals surface area contributed by atoms with Gasteiger partial charge in [0.05, 0.1) is 7.85 Å². The molecule has 0 saturated heterocycles. The average Bonchev–Trinajstić information content (AvgIpc) is 1.87. The van der Waals surface area contributed by atoms with Gasteiger partial charge in [-0.2, -0.15) is 0 Å². The molecular formula is C4H10BNOP2. The molecule has 0 saturated carbocycles. The maximum Gasteiger partial charge on any atom is 0.222 e. The number of nitrogens with zero attached hydrogens (tertiary/aromatic N) is 1. The molecule has 0 aromatic carbocycles. The van der Waals surface area contributed by atoms with Gasteiger partial charge >= 0.3 is 0 Å². The molecule has 50 valence electrons. The quantitative estimate of drug-likeness (QED) is 0.434. The number of carbonyl (C=O) groups is 1. The molecule has 9 heavy (non-hydrogen) atoms. The zero-order chi connectivity index (χ0) is 8.15. The lowest BCUT2D eigenvalue weighted by Crippen LogP contribution is -2.16. The van der Waals surface area contributed by atoms with Crippen molar-refractivity contribution in [1.29, 1.82) is 0 Å². The second-order valence-electron chi connectivity index (χ2n) is 1.64. The molecule has 2 radical (unpaired) electrons. The Balaban J connectivity index is 3.71. The van der Waals surface area contributed by atoms with Crippen LogP contribution in [0.5, 0.6) is 0 Å². The third-order valence-electron chi connectivity index (χ3n) is 0.883. The lowest BCUT2D eigenvalue weighted by molar-refractivity contribution is -0.122. The average molecular weight is 163 g/mol. The van der Waals surface area contributed by atoms with Gasteiger partial charge in [-0.15, -0.1) is 0 Å². The van der Waals surface area contributed by atoms with Crippen molar-refractivity contribution in [2.45, 2.75) is 19.1 Å². The number of carbonyl (C=O) groups excluding carboxylic acids is 1. The minimum Gasteiger partial charge on any atom is -0.313 e. The highest BCUT2D eigenvalue weighted by Gasteiger charge is 2.10. The van der Waals surface area contributed by atoms with Crippen LogP contribution >= 0.6 is 18.8 Å². The predicted octanol–water partition coefficient (Wildman–Crippen LogP) is 0.762. The molecule has 0 aromatic heterocycles. The molecule has 0 N–H and O–H groups in total. The van der Waals surface area contributed by atoms with E-state index in [0.717, 1.165) is 0 Å². The fourth-order valence-electron chi connectivity index (χ4n) is 0.315. The summed E-state index contributed by atoms with van der Waals surface area (Å²) in [6.07, 6.45) is 0.415. The van der Waals surface area contributed by atoms with Gasteiger partial charge in [-0.1, -0.05) is 13.3 Å². The highest BCUT2D eigenvalue weighted by atomic mass is 31.1. The van der Waals surface area contributed by atoms with Crippen LogP contribution < -0.4 is 0 Å². The van der Waals surface area contributed by atoms with Crippen molar-refractivity contribution in [2.24, 2.45) is 0 Å². The minimum absolute atomic E-state index is 0.178. The Labute approximate surface area is 63.1 Å². The van der Waals surface area contributed by atoms with Gasteiger partial charge in [0.1, 0.15) is 0 Å². The molecule has 0 aromatic rings. The lowest BCUT2D eigenvalue weighted by Gasteiger charge is -2.13. The minimum atomic E-state index is -0.535. The predicted molar refractivity (Wildman–Crippen MR) is 46.1 cm³/mol. The van der Waals surface area contributed by atoms with Crippen LogP contribution in [0.4, 0.5) is 0 Å². The molecule has 5 heteroatoms. The van der Waals surface area contributed by atoms with Crippen LogP contribution in [0.15, 0.2) is 0 Å². The first kappa shape index (κ1) is 7.50. The molecule has 3 atom stereocenters. The Hall–Kier alpha value is 0.395. The topological polar surface area (TPSA) is 20.3 Å². The molecular weight excluding hydrogens is 151 g/mol. The van der Waals surface area contributed by atoms with Crippen molar-refractivity contribution < 1.29 is 6.17 Å². The van der Waals surface area contributed by atoms with E-state index in [1.807, 2.05) is 0 Å². The van der Waals surface area contributed by atoms with Crippen LogP contribution in [0.25, 0.3) is 0 Å². The molecule has 0 fully saturated rings. The monoisotopic (exact) mass is 163 g/mol. The summed E-state index contributed by atoms with van der Waals surface area (Å²) < 4.78 is 8.08. The molecule has 0 spiro atoms. The number of amides is 1. The summed E-state index contributed by atoms with van der Waals surface area (Å²) in [5.74, 6) is -0.713. The fourth-order valence-corrected chi connectivity index (χ4v) is 0.698. The smallest absolute Gasteiger partial charge is 0.222 e. The van der Waals surface area contributed by atoms with Crippen LogP contribution in [0.2, 0.25) is 5.82 Å². The molecule has 0 aliphatic heterocycles. The van der Waals surface area contributed by atoms with Crippen molar-refractivity contribution >= 4 is 32.5 Å². The van der Waals surface area contributed by atoms with E-state index >= 15 is 0 Å². The van der Waals surface area contributed by atoms with Gasteiger partial charge in [0.2, 0.25) is 5.91 Å². The first-order valence-corrected chi connectivity index (χ1v) is 3.51. The number of hydrogen-bond donors (Lipinski definition) is 0. The molecule has 0 rings (SSSR count). The van der Waals surface area contributed by atoms with Gasteiger partial charge in [0, 0.05) is 7.19 Å². The van der Waals surface area contributed by atoms with E-state index in [1.54, 1.807) is 0 Å². The van der Waals surface area contributed by atoms with E-state index in [4.69, 9.17) is 9.22 Å². The largest absolute Gasteiger partial charge is 0.313 e. The van der Waals surface area contributed by atoms with Crippen LogP contribution in [0, 0.1) is 0 Å². The normalized spacial score (nSPS) is 14.2. The van der Waals surface area contributed by atoms with Crippen molar-refractivity contribution in [3.63, 3.8) is 0 Å². The van der Waals surface area contributed by atoms with E-state index in [-0.39, 0.29) is 12.8 Å². The SMILES string of the molecule is [3H]CCC([B])C(=O)N(P)P. The molecule has 0 aliphatic carbocycles. The van der Waals surface area contributed by atoms with Crippen molar-refractivity contribution in [1.82, 2.24) is 4.44 Å². The second-order valence-corrected chi connectivity index (χ2v) is 3.35. The highest BCUT2D eigenvalue weighted by Crippen LogP contribution is 2.16.